The molecule has 3 aromatic rings. The lowest BCUT2D eigenvalue weighted by molar-refractivity contribution is -0.137. The molecule has 0 atom stereocenters. The van der Waals surface area contributed by atoms with Crippen LogP contribution in [0.15, 0.2) is 48.8 Å². The monoisotopic (exact) mass is 484 g/mol. The molecule has 0 spiro atoms. The van der Waals surface area contributed by atoms with Crippen LogP contribution in [-0.4, -0.2) is 36.2 Å². The van der Waals surface area contributed by atoms with E-state index in [4.69, 9.17) is 17.5 Å². The molecule has 2 aromatic heterocycles. The predicted molar refractivity (Wildman–Crippen MR) is 122 cm³/mol. The van der Waals surface area contributed by atoms with Gasteiger partial charge in [-0.3, -0.25) is 9.69 Å². The molecule has 1 aromatic carbocycles. The normalized spacial score (nSPS) is 15.7. The van der Waals surface area contributed by atoms with E-state index in [-0.39, 0.29) is 17.3 Å². The Balaban J connectivity index is 1.64. The zero-order valence-electron chi connectivity index (χ0n) is 18.5. The van der Waals surface area contributed by atoms with E-state index < -0.39 is 28.7 Å². The van der Waals surface area contributed by atoms with Crippen molar-refractivity contribution in [2.45, 2.75) is 39.0 Å². The van der Waals surface area contributed by atoms with E-state index in [0.29, 0.717) is 5.82 Å². The summed E-state index contributed by atoms with van der Waals surface area (Å²) in [4.78, 5) is 20.4. The first kappa shape index (κ1) is 23.4. The lowest BCUT2D eigenvalue weighted by atomic mass is 10.0. The van der Waals surface area contributed by atoms with E-state index >= 15 is 0 Å². The van der Waals surface area contributed by atoms with Crippen molar-refractivity contribution in [1.82, 2.24) is 19.7 Å². The number of hydrogen-bond acceptors (Lipinski definition) is 5. The second-order valence-electron chi connectivity index (χ2n) is 8.32. The minimum absolute atomic E-state index is 0.0421. The van der Waals surface area contributed by atoms with Gasteiger partial charge in [-0.2, -0.15) is 23.5 Å². The molecule has 1 amide bonds. The molecule has 34 heavy (non-hydrogen) atoms. The van der Waals surface area contributed by atoms with Gasteiger partial charge in [0.25, 0.3) is 5.91 Å². The maximum atomic E-state index is 13.5. The van der Waals surface area contributed by atoms with Gasteiger partial charge in [0, 0.05) is 24.6 Å². The number of amides is 1. The molecule has 4 rings (SSSR count). The average Bonchev–Trinajstić information content (AvgIpc) is 3.28. The number of pyridine rings is 1. The van der Waals surface area contributed by atoms with Gasteiger partial charge in [-0.05, 0) is 68.9 Å². The predicted octanol–water partition coefficient (Wildman–Crippen LogP) is 4.38. The SMILES string of the molecule is Cc1ccnn1-c1ccc(CN2C(=S)N(c3ccc(C#N)c(C(F)(F)F)c3)C(=O)C2(C)C)cn1. The maximum Gasteiger partial charge on any atom is 0.417 e. The Labute approximate surface area is 199 Å². The highest BCUT2D eigenvalue weighted by Crippen LogP contribution is 2.38. The van der Waals surface area contributed by atoms with E-state index in [2.05, 4.69) is 10.1 Å². The number of nitriles is 1. The Morgan fingerprint density at radius 1 is 1.18 bits per heavy atom. The summed E-state index contributed by atoms with van der Waals surface area (Å²) < 4.78 is 42.1. The number of carbonyl (C=O) groups is 1. The van der Waals surface area contributed by atoms with Gasteiger partial charge in [0.05, 0.1) is 22.9 Å². The van der Waals surface area contributed by atoms with Gasteiger partial charge < -0.3 is 4.90 Å². The van der Waals surface area contributed by atoms with E-state index in [1.807, 2.05) is 19.1 Å². The van der Waals surface area contributed by atoms with Crippen molar-refractivity contribution >= 4 is 28.9 Å². The Morgan fingerprint density at radius 3 is 2.47 bits per heavy atom. The second kappa shape index (κ2) is 8.22. The number of carbonyl (C=O) groups excluding carboxylic acids is 1. The van der Waals surface area contributed by atoms with Gasteiger partial charge in [-0.15, -0.1) is 0 Å². The highest BCUT2D eigenvalue weighted by Gasteiger charge is 2.49. The van der Waals surface area contributed by atoms with Gasteiger partial charge in [0.2, 0.25) is 0 Å². The number of rotatable bonds is 4. The summed E-state index contributed by atoms with van der Waals surface area (Å²) >= 11 is 5.53. The quantitative estimate of drug-likeness (QED) is 0.512. The molecule has 0 saturated carbocycles. The van der Waals surface area contributed by atoms with E-state index in [9.17, 15) is 18.0 Å². The molecule has 0 bridgehead atoms. The van der Waals surface area contributed by atoms with Gasteiger partial charge in [-0.25, -0.2) is 9.67 Å². The zero-order chi connectivity index (χ0) is 24.8. The fraction of sp³-hybridized carbons (Fsp3) is 0.261. The third-order valence-corrected chi connectivity index (χ3v) is 6.11. The molecule has 1 aliphatic heterocycles. The number of alkyl halides is 3. The molecule has 1 aliphatic rings. The number of aryl methyl sites for hydroxylation is 1. The third kappa shape index (κ3) is 3.90. The van der Waals surface area contributed by atoms with Crippen LogP contribution in [0.3, 0.4) is 0 Å². The number of nitrogens with zero attached hydrogens (tertiary/aromatic N) is 6. The highest BCUT2D eigenvalue weighted by atomic mass is 32.1. The number of thiocarbonyl (C=S) groups is 1. The summed E-state index contributed by atoms with van der Waals surface area (Å²) in [6.07, 6.45) is -1.43. The molecule has 0 unspecified atom stereocenters. The summed E-state index contributed by atoms with van der Waals surface area (Å²) in [5, 5.41) is 13.3. The number of aromatic nitrogens is 3. The highest BCUT2D eigenvalue weighted by molar-refractivity contribution is 7.80. The van der Waals surface area contributed by atoms with Crippen molar-refractivity contribution in [3.05, 3.63) is 71.2 Å². The molecule has 0 aliphatic carbocycles. The molecule has 174 valence electrons. The molecular formula is C23H19F3N6OS. The van der Waals surface area contributed by atoms with Crippen molar-refractivity contribution in [2.24, 2.45) is 0 Å². The number of hydrogen-bond donors (Lipinski definition) is 0. The summed E-state index contributed by atoms with van der Waals surface area (Å²) in [5.74, 6) is 0.163. The van der Waals surface area contributed by atoms with Gasteiger partial charge in [0.1, 0.15) is 5.54 Å². The van der Waals surface area contributed by atoms with Crippen molar-refractivity contribution in [3.8, 4) is 11.9 Å². The Kier molecular flexibility index (Phi) is 5.65. The van der Waals surface area contributed by atoms with Crippen LogP contribution in [0, 0.1) is 18.3 Å². The molecule has 11 heteroatoms. The van der Waals surface area contributed by atoms with Crippen molar-refractivity contribution in [2.75, 3.05) is 4.90 Å². The summed E-state index contributed by atoms with van der Waals surface area (Å²) in [7, 11) is 0. The van der Waals surface area contributed by atoms with Crippen LogP contribution in [0.4, 0.5) is 18.9 Å². The first-order valence-electron chi connectivity index (χ1n) is 10.2. The molecule has 1 saturated heterocycles. The number of anilines is 1. The zero-order valence-corrected chi connectivity index (χ0v) is 19.3. The van der Waals surface area contributed by atoms with Gasteiger partial charge >= 0.3 is 6.18 Å². The van der Waals surface area contributed by atoms with Crippen LogP contribution >= 0.6 is 12.2 Å². The van der Waals surface area contributed by atoms with Crippen LogP contribution < -0.4 is 4.90 Å². The standard InChI is InChI=1S/C23H19F3N6OS/c1-14-8-9-29-32(14)19-7-4-15(12-28-19)13-30-21(34)31(20(33)22(30,2)3)17-6-5-16(11-27)18(10-17)23(24,25)26/h4-10,12H,13H2,1-3H3. The third-order valence-electron chi connectivity index (χ3n) is 5.71. The first-order valence-corrected chi connectivity index (χ1v) is 10.6. The smallest absolute Gasteiger partial charge is 0.330 e. The summed E-state index contributed by atoms with van der Waals surface area (Å²) in [6, 6.07) is 10.1. The van der Waals surface area contributed by atoms with Crippen molar-refractivity contribution in [1.29, 1.82) is 5.26 Å². The van der Waals surface area contributed by atoms with Crippen LogP contribution in [0.2, 0.25) is 0 Å². The van der Waals surface area contributed by atoms with Gasteiger partial charge in [0.15, 0.2) is 10.9 Å². The fourth-order valence-corrected chi connectivity index (χ4v) is 4.24. The van der Waals surface area contributed by atoms with Crippen molar-refractivity contribution < 1.29 is 18.0 Å². The summed E-state index contributed by atoms with van der Waals surface area (Å²) in [6.45, 7) is 5.44. The van der Waals surface area contributed by atoms with Crippen LogP contribution in [0.25, 0.3) is 5.82 Å². The minimum Gasteiger partial charge on any atom is -0.330 e. The Morgan fingerprint density at radius 2 is 1.91 bits per heavy atom. The van der Waals surface area contributed by atoms with E-state index in [1.54, 1.807) is 41.9 Å². The molecular weight excluding hydrogens is 465 g/mol. The number of benzene rings is 1. The van der Waals surface area contributed by atoms with Crippen molar-refractivity contribution in [3.63, 3.8) is 0 Å². The fourth-order valence-electron chi connectivity index (χ4n) is 3.76. The molecule has 0 radical (unpaired) electrons. The molecule has 0 N–H and O–H groups in total. The van der Waals surface area contributed by atoms with E-state index in [1.165, 1.54) is 12.1 Å². The maximum absolute atomic E-state index is 13.5. The average molecular weight is 485 g/mol. The summed E-state index contributed by atoms with van der Waals surface area (Å²) in [5.41, 5.74) is -1.12. The molecule has 1 fully saturated rings. The molecule has 3 heterocycles. The lowest BCUT2D eigenvalue weighted by Gasteiger charge is -2.29. The lowest BCUT2D eigenvalue weighted by Crippen LogP contribution is -2.43. The Hall–Kier alpha value is -3.78. The Bertz CT molecular complexity index is 1320. The van der Waals surface area contributed by atoms with Crippen LogP contribution in [0.1, 0.15) is 36.2 Å². The topological polar surface area (TPSA) is 78.0 Å². The van der Waals surface area contributed by atoms with Gasteiger partial charge in [-0.1, -0.05) is 6.07 Å². The molecule has 7 nitrogen and oxygen atoms in total. The largest absolute Gasteiger partial charge is 0.417 e. The second-order valence-corrected chi connectivity index (χ2v) is 8.68. The van der Waals surface area contributed by atoms with E-state index in [0.717, 1.165) is 28.3 Å². The number of halogens is 3. The van der Waals surface area contributed by atoms with Crippen LogP contribution in [-0.2, 0) is 17.5 Å². The minimum atomic E-state index is -4.75. The first-order chi connectivity index (χ1) is 15.9. The van der Waals surface area contributed by atoms with Crippen LogP contribution in [0.5, 0.6) is 0 Å².